The molecule has 2 unspecified atom stereocenters. The van der Waals surface area contributed by atoms with Gasteiger partial charge in [0.2, 0.25) is 5.95 Å². The summed E-state index contributed by atoms with van der Waals surface area (Å²) in [5, 5.41) is 22.5. The molecule has 132 valence electrons. The molecule has 2 aliphatic heterocycles. The summed E-state index contributed by atoms with van der Waals surface area (Å²) in [5.74, 6) is 1.78. The third kappa shape index (κ3) is 2.20. The first-order valence-corrected chi connectivity index (χ1v) is 8.72. The SMILES string of the molecule is OCC12COc3ccccc3C1CN(c1nnnn1-c1ccccc1)C2. The van der Waals surface area contributed by atoms with Crippen LogP contribution in [0.25, 0.3) is 5.69 Å². The van der Waals surface area contributed by atoms with Gasteiger partial charge in [-0.05, 0) is 34.2 Å². The number of benzene rings is 2. The monoisotopic (exact) mass is 349 g/mol. The molecule has 3 heterocycles. The number of ether oxygens (including phenoxy) is 1. The van der Waals surface area contributed by atoms with Crippen LogP contribution in [-0.2, 0) is 0 Å². The summed E-state index contributed by atoms with van der Waals surface area (Å²) in [6.07, 6.45) is 0. The second-order valence-corrected chi connectivity index (χ2v) is 7.01. The number of aliphatic hydroxyl groups excluding tert-OH is 1. The highest BCUT2D eigenvalue weighted by Gasteiger charge is 2.51. The third-order valence-electron chi connectivity index (χ3n) is 5.51. The van der Waals surface area contributed by atoms with Gasteiger partial charge < -0.3 is 14.7 Å². The Kier molecular flexibility index (Phi) is 3.43. The number of fused-ring (bicyclic) bond motifs is 3. The van der Waals surface area contributed by atoms with Crippen molar-refractivity contribution in [1.29, 1.82) is 0 Å². The zero-order valence-corrected chi connectivity index (χ0v) is 14.2. The molecule has 1 N–H and O–H groups in total. The van der Waals surface area contributed by atoms with Crippen LogP contribution in [-0.4, -0.2) is 51.6 Å². The molecular weight excluding hydrogens is 330 g/mol. The van der Waals surface area contributed by atoms with Crippen molar-refractivity contribution < 1.29 is 9.84 Å². The van der Waals surface area contributed by atoms with Crippen LogP contribution >= 0.6 is 0 Å². The van der Waals surface area contributed by atoms with Gasteiger partial charge in [0, 0.05) is 19.0 Å². The van der Waals surface area contributed by atoms with Gasteiger partial charge in [0.15, 0.2) is 0 Å². The van der Waals surface area contributed by atoms with Gasteiger partial charge in [0.1, 0.15) is 5.75 Å². The maximum atomic E-state index is 10.2. The minimum Gasteiger partial charge on any atom is -0.493 e. The fraction of sp³-hybridized carbons (Fsp3) is 0.316. The van der Waals surface area contributed by atoms with Gasteiger partial charge in [-0.3, -0.25) is 0 Å². The molecule has 1 saturated heterocycles. The Labute approximate surface area is 150 Å². The number of hydrogen-bond donors (Lipinski definition) is 1. The second kappa shape index (κ2) is 5.81. The predicted octanol–water partition coefficient (Wildman–Crippen LogP) is 1.64. The topological polar surface area (TPSA) is 76.3 Å². The number of aromatic nitrogens is 4. The number of anilines is 1. The first-order valence-electron chi connectivity index (χ1n) is 8.72. The molecule has 1 aromatic heterocycles. The summed E-state index contributed by atoms with van der Waals surface area (Å²) in [4.78, 5) is 2.15. The molecule has 2 aromatic carbocycles. The van der Waals surface area contributed by atoms with Crippen molar-refractivity contribution in [3.05, 3.63) is 60.2 Å². The van der Waals surface area contributed by atoms with Crippen molar-refractivity contribution >= 4 is 5.95 Å². The molecule has 26 heavy (non-hydrogen) atoms. The lowest BCUT2D eigenvalue weighted by atomic mass is 9.74. The van der Waals surface area contributed by atoms with Gasteiger partial charge in [0.05, 0.1) is 24.3 Å². The number of nitrogens with zero attached hydrogens (tertiary/aromatic N) is 5. The van der Waals surface area contributed by atoms with E-state index in [1.807, 2.05) is 48.5 Å². The van der Waals surface area contributed by atoms with E-state index in [2.05, 4.69) is 26.5 Å². The minimum absolute atomic E-state index is 0.0649. The lowest BCUT2D eigenvalue weighted by molar-refractivity contribution is 0.0535. The van der Waals surface area contributed by atoms with Gasteiger partial charge in [-0.2, -0.15) is 4.68 Å². The number of aliphatic hydroxyl groups is 1. The van der Waals surface area contributed by atoms with Crippen LogP contribution in [0.5, 0.6) is 5.75 Å². The zero-order valence-electron chi connectivity index (χ0n) is 14.2. The van der Waals surface area contributed by atoms with E-state index < -0.39 is 0 Å². The third-order valence-corrected chi connectivity index (χ3v) is 5.51. The van der Waals surface area contributed by atoms with Crippen LogP contribution in [0.3, 0.4) is 0 Å². The molecule has 0 radical (unpaired) electrons. The average molecular weight is 349 g/mol. The highest BCUT2D eigenvalue weighted by atomic mass is 16.5. The first kappa shape index (κ1) is 15.3. The molecule has 0 saturated carbocycles. The molecule has 0 bridgehead atoms. The Bertz CT molecular complexity index is 928. The van der Waals surface area contributed by atoms with Crippen LogP contribution in [0.4, 0.5) is 5.95 Å². The minimum atomic E-state index is -0.345. The van der Waals surface area contributed by atoms with E-state index in [4.69, 9.17) is 4.74 Å². The number of hydrogen-bond acceptors (Lipinski definition) is 6. The fourth-order valence-corrected chi connectivity index (χ4v) is 4.14. The fourth-order valence-electron chi connectivity index (χ4n) is 4.14. The number of tetrazole rings is 1. The molecule has 0 amide bonds. The number of rotatable bonds is 3. The van der Waals surface area contributed by atoms with E-state index in [-0.39, 0.29) is 17.9 Å². The zero-order chi connectivity index (χ0) is 17.6. The van der Waals surface area contributed by atoms with E-state index in [0.29, 0.717) is 19.1 Å². The van der Waals surface area contributed by atoms with E-state index in [0.717, 1.165) is 23.5 Å². The van der Waals surface area contributed by atoms with Gasteiger partial charge >= 0.3 is 0 Å². The van der Waals surface area contributed by atoms with Gasteiger partial charge in [-0.1, -0.05) is 41.5 Å². The molecule has 5 rings (SSSR count). The van der Waals surface area contributed by atoms with Crippen LogP contribution < -0.4 is 9.64 Å². The summed E-state index contributed by atoms with van der Waals surface area (Å²) in [5.41, 5.74) is 1.72. The summed E-state index contributed by atoms with van der Waals surface area (Å²) in [7, 11) is 0. The lowest BCUT2D eigenvalue weighted by Gasteiger charge is -2.37. The van der Waals surface area contributed by atoms with E-state index in [9.17, 15) is 5.11 Å². The largest absolute Gasteiger partial charge is 0.493 e. The molecular formula is C19H19N5O2. The standard InChI is InChI=1S/C19H19N5O2/c25-12-19-11-23(10-16(19)15-8-4-5-9-17(15)26-13-19)18-20-21-22-24(18)14-6-2-1-3-7-14/h1-9,16,25H,10-13H2. The predicted molar refractivity (Wildman–Crippen MR) is 95.6 cm³/mol. The van der Waals surface area contributed by atoms with Crippen molar-refractivity contribution in [3.63, 3.8) is 0 Å². The van der Waals surface area contributed by atoms with Crippen LogP contribution in [0, 0.1) is 5.41 Å². The van der Waals surface area contributed by atoms with Crippen LogP contribution in [0.2, 0.25) is 0 Å². The Hall–Kier alpha value is -2.93. The van der Waals surface area contributed by atoms with Gasteiger partial charge in [0.25, 0.3) is 0 Å². The maximum Gasteiger partial charge on any atom is 0.250 e. The number of para-hydroxylation sites is 2. The smallest absolute Gasteiger partial charge is 0.250 e. The quantitative estimate of drug-likeness (QED) is 0.775. The lowest BCUT2D eigenvalue weighted by Crippen LogP contribution is -2.42. The van der Waals surface area contributed by atoms with Crippen LogP contribution in [0.1, 0.15) is 11.5 Å². The van der Waals surface area contributed by atoms with Crippen molar-refractivity contribution in [2.24, 2.45) is 5.41 Å². The molecule has 7 heteroatoms. The molecule has 3 aromatic rings. The molecule has 1 fully saturated rings. The summed E-state index contributed by atoms with van der Waals surface area (Å²) < 4.78 is 7.71. The molecule has 7 nitrogen and oxygen atoms in total. The molecule has 0 aliphatic carbocycles. The van der Waals surface area contributed by atoms with Crippen LogP contribution in [0.15, 0.2) is 54.6 Å². The van der Waals surface area contributed by atoms with Crippen molar-refractivity contribution in [2.45, 2.75) is 5.92 Å². The Morgan fingerprint density at radius 2 is 1.92 bits per heavy atom. The highest BCUT2D eigenvalue weighted by molar-refractivity contribution is 5.48. The van der Waals surface area contributed by atoms with E-state index in [1.165, 1.54) is 0 Å². The first-order chi connectivity index (χ1) is 12.8. The Balaban J connectivity index is 1.54. The van der Waals surface area contributed by atoms with Crippen molar-refractivity contribution in [2.75, 3.05) is 31.2 Å². The summed E-state index contributed by atoms with van der Waals surface area (Å²) >= 11 is 0. The van der Waals surface area contributed by atoms with Crippen molar-refractivity contribution in [3.8, 4) is 11.4 Å². The average Bonchev–Trinajstić information content (AvgIpc) is 3.34. The summed E-state index contributed by atoms with van der Waals surface area (Å²) in [6.45, 7) is 1.95. The highest BCUT2D eigenvalue weighted by Crippen LogP contribution is 2.49. The molecule has 2 atom stereocenters. The summed E-state index contributed by atoms with van der Waals surface area (Å²) in [6, 6.07) is 17.9. The molecule has 0 spiro atoms. The Morgan fingerprint density at radius 3 is 2.77 bits per heavy atom. The van der Waals surface area contributed by atoms with Gasteiger partial charge in [-0.25, -0.2) is 0 Å². The van der Waals surface area contributed by atoms with E-state index in [1.54, 1.807) is 4.68 Å². The van der Waals surface area contributed by atoms with Crippen molar-refractivity contribution in [1.82, 2.24) is 20.2 Å². The second-order valence-electron chi connectivity index (χ2n) is 7.01. The normalized spacial score (nSPS) is 24.0. The Morgan fingerprint density at radius 1 is 1.12 bits per heavy atom. The van der Waals surface area contributed by atoms with E-state index >= 15 is 0 Å². The molecule has 2 aliphatic rings. The van der Waals surface area contributed by atoms with Gasteiger partial charge in [-0.15, -0.1) is 0 Å². The maximum absolute atomic E-state index is 10.2.